The minimum absolute atomic E-state index is 0.164. The van der Waals surface area contributed by atoms with Crippen molar-refractivity contribution in [1.29, 1.82) is 0 Å². The summed E-state index contributed by atoms with van der Waals surface area (Å²) in [6.07, 6.45) is 4.15. The van der Waals surface area contributed by atoms with Crippen molar-refractivity contribution in [2.45, 2.75) is 38.3 Å². The Labute approximate surface area is 139 Å². The van der Waals surface area contributed by atoms with E-state index in [1.165, 1.54) is 6.42 Å². The van der Waals surface area contributed by atoms with Crippen molar-refractivity contribution in [1.82, 2.24) is 25.0 Å². The largest absolute Gasteiger partial charge is 0.382 e. The highest BCUT2D eigenvalue weighted by atomic mass is 16.5. The molecule has 1 aromatic carbocycles. The lowest BCUT2D eigenvalue weighted by Crippen LogP contribution is -2.25. The molecule has 0 amide bonds. The number of fused-ring (bicyclic) bond motifs is 1. The Morgan fingerprint density at radius 3 is 2.83 bits per heavy atom. The molecule has 4 rings (SSSR count). The third-order valence-corrected chi connectivity index (χ3v) is 4.29. The van der Waals surface area contributed by atoms with Gasteiger partial charge < -0.3 is 10.5 Å². The molecule has 0 spiro atoms. The summed E-state index contributed by atoms with van der Waals surface area (Å²) in [6, 6.07) is 10.1. The molecule has 1 aliphatic heterocycles. The summed E-state index contributed by atoms with van der Waals surface area (Å²) in [6.45, 7) is 1.46. The van der Waals surface area contributed by atoms with Crippen molar-refractivity contribution in [2.24, 2.45) is 0 Å². The van der Waals surface area contributed by atoms with E-state index in [0.717, 1.165) is 25.0 Å². The van der Waals surface area contributed by atoms with Gasteiger partial charge >= 0.3 is 0 Å². The zero-order valence-electron chi connectivity index (χ0n) is 13.4. The molecule has 1 fully saturated rings. The highest BCUT2D eigenvalue weighted by molar-refractivity contribution is 5.80. The first kappa shape index (κ1) is 15.0. The van der Waals surface area contributed by atoms with Crippen molar-refractivity contribution >= 4 is 17.0 Å². The first-order valence-electron chi connectivity index (χ1n) is 8.31. The maximum atomic E-state index is 6.06. The molecule has 3 heterocycles. The molecule has 7 nitrogen and oxygen atoms in total. The summed E-state index contributed by atoms with van der Waals surface area (Å²) in [4.78, 5) is 9.02. The second kappa shape index (κ2) is 6.52. The summed E-state index contributed by atoms with van der Waals surface area (Å²) in [7, 11) is 0. The minimum Gasteiger partial charge on any atom is -0.382 e. The third kappa shape index (κ3) is 3.07. The van der Waals surface area contributed by atoms with Gasteiger partial charge in [0, 0.05) is 13.0 Å². The SMILES string of the molecule is Nc1nc(Cc2ccccc2)nc2c1nnn2CC1CCCCO1. The highest BCUT2D eigenvalue weighted by Crippen LogP contribution is 2.19. The lowest BCUT2D eigenvalue weighted by Gasteiger charge is -2.22. The molecule has 1 atom stereocenters. The van der Waals surface area contributed by atoms with Gasteiger partial charge in [0.1, 0.15) is 5.82 Å². The molecule has 7 heteroatoms. The van der Waals surface area contributed by atoms with Crippen LogP contribution in [0.3, 0.4) is 0 Å². The summed E-state index contributed by atoms with van der Waals surface area (Å²) in [5.74, 6) is 1.06. The smallest absolute Gasteiger partial charge is 0.184 e. The number of ether oxygens (including phenoxy) is 1. The summed E-state index contributed by atoms with van der Waals surface area (Å²) in [5.41, 5.74) is 8.44. The molecule has 2 N–H and O–H groups in total. The van der Waals surface area contributed by atoms with Gasteiger partial charge in [-0.2, -0.15) is 0 Å². The number of nitrogens with zero attached hydrogens (tertiary/aromatic N) is 5. The van der Waals surface area contributed by atoms with Crippen molar-refractivity contribution in [3.05, 3.63) is 41.7 Å². The van der Waals surface area contributed by atoms with Gasteiger partial charge in [0.05, 0.1) is 12.6 Å². The van der Waals surface area contributed by atoms with Crippen LogP contribution in [0.25, 0.3) is 11.2 Å². The lowest BCUT2D eigenvalue weighted by molar-refractivity contribution is 0.00433. The van der Waals surface area contributed by atoms with E-state index >= 15 is 0 Å². The maximum absolute atomic E-state index is 6.06. The molecule has 0 saturated carbocycles. The van der Waals surface area contributed by atoms with E-state index in [1.54, 1.807) is 4.68 Å². The van der Waals surface area contributed by atoms with Gasteiger partial charge in [-0.1, -0.05) is 35.5 Å². The molecule has 1 aliphatic rings. The van der Waals surface area contributed by atoms with E-state index in [1.807, 2.05) is 18.2 Å². The van der Waals surface area contributed by atoms with Crippen molar-refractivity contribution in [3.63, 3.8) is 0 Å². The fourth-order valence-corrected chi connectivity index (χ4v) is 3.05. The number of benzene rings is 1. The van der Waals surface area contributed by atoms with Crippen molar-refractivity contribution in [2.75, 3.05) is 12.3 Å². The summed E-state index contributed by atoms with van der Waals surface area (Å²) >= 11 is 0. The molecule has 1 unspecified atom stereocenters. The molecule has 0 aliphatic carbocycles. The van der Waals surface area contributed by atoms with Crippen LogP contribution in [0.1, 0.15) is 30.7 Å². The molecule has 24 heavy (non-hydrogen) atoms. The molecule has 3 aromatic rings. The average Bonchev–Trinajstić information content (AvgIpc) is 3.00. The Kier molecular flexibility index (Phi) is 4.08. The van der Waals surface area contributed by atoms with Crippen LogP contribution in [0.15, 0.2) is 30.3 Å². The number of nitrogens with two attached hydrogens (primary N) is 1. The molecule has 124 valence electrons. The second-order valence-electron chi connectivity index (χ2n) is 6.12. The van der Waals surface area contributed by atoms with E-state index in [0.29, 0.717) is 35.8 Å². The van der Waals surface area contributed by atoms with Gasteiger partial charge in [0.25, 0.3) is 0 Å². The quantitative estimate of drug-likeness (QED) is 0.789. The number of rotatable bonds is 4. The molecular weight excluding hydrogens is 304 g/mol. The van der Waals surface area contributed by atoms with Gasteiger partial charge in [0.2, 0.25) is 0 Å². The van der Waals surface area contributed by atoms with Crippen LogP contribution in [-0.4, -0.2) is 37.7 Å². The van der Waals surface area contributed by atoms with E-state index in [9.17, 15) is 0 Å². The molecule has 0 bridgehead atoms. The Hall–Kier alpha value is -2.54. The van der Waals surface area contributed by atoms with Crippen LogP contribution in [0, 0.1) is 0 Å². The zero-order valence-corrected chi connectivity index (χ0v) is 13.4. The maximum Gasteiger partial charge on any atom is 0.184 e. The fourth-order valence-electron chi connectivity index (χ4n) is 3.05. The standard InChI is InChI=1S/C17H20N6O/c18-16-15-17(20-14(19-16)10-12-6-2-1-3-7-12)23(22-21-15)11-13-8-4-5-9-24-13/h1-3,6-7,13H,4-5,8-11H2,(H2,18,19,20). The predicted octanol–water partition coefficient (Wildman–Crippen LogP) is 1.96. The van der Waals surface area contributed by atoms with Crippen LogP contribution < -0.4 is 5.73 Å². The normalized spacial score (nSPS) is 18.1. The fraction of sp³-hybridized carbons (Fsp3) is 0.412. The van der Waals surface area contributed by atoms with E-state index < -0.39 is 0 Å². The van der Waals surface area contributed by atoms with E-state index in [-0.39, 0.29) is 6.10 Å². The molecule has 0 radical (unpaired) electrons. The number of aromatic nitrogens is 5. The molecular formula is C17H20N6O. The topological polar surface area (TPSA) is 91.7 Å². The van der Waals surface area contributed by atoms with Crippen LogP contribution in [0.4, 0.5) is 5.82 Å². The van der Waals surface area contributed by atoms with Gasteiger partial charge in [-0.3, -0.25) is 0 Å². The van der Waals surface area contributed by atoms with Gasteiger partial charge in [-0.15, -0.1) is 5.10 Å². The number of anilines is 1. The van der Waals surface area contributed by atoms with Crippen LogP contribution in [0.2, 0.25) is 0 Å². The minimum atomic E-state index is 0.164. The summed E-state index contributed by atoms with van der Waals surface area (Å²) < 4.78 is 7.58. The van der Waals surface area contributed by atoms with E-state index in [4.69, 9.17) is 10.5 Å². The number of hydrogen-bond donors (Lipinski definition) is 1. The van der Waals surface area contributed by atoms with Crippen LogP contribution >= 0.6 is 0 Å². The number of nitrogen functional groups attached to an aromatic ring is 1. The van der Waals surface area contributed by atoms with Crippen LogP contribution in [-0.2, 0) is 17.7 Å². The average molecular weight is 324 g/mol. The Morgan fingerprint density at radius 2 is 2.04 bits per heavy atom. The van der Waals surface area contributed by atoms with E-state index in [2.05, 4.69) is 32.4 Å². The summed E-state index contributed by atoms with van der Waals surface area (Å²) in [5, 5.41) is 8.34. The Morgan fingerprint density at radius 1 is 1.17 bits per heavy atom. The Balaban J connectivity index is 1.63. The van der Waals surface area contributed by atoms with Crippen molar-refractivity contribution < 1.29 is 4.74 Å². The molecule has 1 saturated heterocycles. The zero-order chi connectivity index (χ0) is 16.4. The third-order valence-electron chi connectivity index (χ3n) is 4.29. The lowest BCUT2D eigenvalue weighted by atomic mass is 10.1. The predicted molar refractivity (Wildman–Crippen MR) is 90.4 cm³/mol. The monoisotopic (exact) mass is 324 g/mol. The molecule has 2 aromatic heterocycles. The Bertz CT molecular complexity index is 826. The first-order valence-corrected chi connectivity index (χ1v) is 8.31. The van der Waals surface area contributed by atoms with Gasteiger partial charge in [-0.05, 0) is 24.8 Å². The first-order chi connectivity index (χ1) is 11.8. The second-order valence-corrected chi connectivity index (χ2v) is 6.12. The highest BCUT2D eigenvalue weighted by Gasteiger charge is 2.19. The van der Waals surface area contributed by atoms with Gasteiger partial charge in [0.15, 0.2) is 17.0 Å². The number of hydrogen-bond acceptors (Lipinski definition) is 6. The van der Waals surface area contributed by atoms with Crippen molar-refractivity contribution in [3.8, 4) is 0 Å². The van der Waals surface area contributed by atoms with Crippen LogP contribution in [0.5, 0.6) is 0 Å². The van der Waals surface area contributed by atoms with Gasteiger partial charge in [-0.25, -0.2) is 14.6 Å².